The number of benzene rings is 1. The highest BCUT2D eigenvalue weighted by molar-refractivity contribution is 9.10. The van der Waals surface area contributed by atoms with Crippen LogP contribution in [0.1, 0.15) is 45.1 Å². The van der Waals surface area contributed by atoms with Gasteiger partial charge in [0.25, 0.3) is 0 Å². The van der Waals surface area contributed by atoms with Gasteiger partial charge in [-0.25, -0.2) is 0 Å². The lowest BCUT2D eigenvalue weighted by atomic mass is 10.2. The SMILES string of the molecule is CC(C)CNCc1cc(OCCCCCCO)ccc1Br. The molecule has 0 aromatic heterocycles. The Morgan fingerprint density at radius 1 is 1.19 bits per heavy atom. The predicted molar refractivity (Wildman–Crippen MR) is 91.7 cm³/mol. The van der Waals surface area contributed by atoms with Gasteiger partial charge < -0.3 is 15.2 Å². The number of nitrogens with one attached hydrogen (secondary N) is 1. The van der Waals surface area contributed by atoms with Crippen molar-refractivity contribution in [2.75, 3.05) is 19.8 Å². The first-order valence-corrected chi connectivity index (χ1v) is 8.65. The summed E-state index contributed by atoms with van der Waals surface area (Å²) < 4.78 is 6.92. The number of unbranched alkanes of at least 4 members (excludes halogenated alkanes) is 3. The molecule has 1 aromatic carbocycles. The summed E-state index contributed by atoms with van der Waals surface area (Å²) in [6.45, 7) is 7.32. The average Bonchev–Trinajstić information content (AvgIpc) is 2.45. The van der Waals surface area contributed by atoms with Crippen LogP contribution in [0.4, 0.5) is 0 Å². The second-order valence-corrected chi connectivity index (χ2v) is 6.62. The van der Waals surface area contributed by atoms with E-state index < -0.39 is 0 Å². The molecule has 120 valence electrons. The molecule has 2 N–H and O–H groups in total. The molecule has 1 aromatic rings. The maximum absolute atomic E-state index is 8.72. The quantitative estimate of drug-likeness (QED) is 0.585. The monoisotopic (exact) mass is 357 g/mol. The minimum atomic E-state index is 0.292. The largest absolute Gasteiger partial charge is 0.494 e. The molecule has 0 heterocycles. The highest BCUT2D eigenvalue weighted by atomic mass is 79.9. The van der Waals surface area contributed by atoms with Crippen molar-refractivity contribution in [3.63, 3.8) is 0 Å². The summed E-state index contributed by atoms with van der Waals surface area (Å²) in [7, 11) is 0. The fraction of sp³-hybridized carbons (Fsp3) is 0.647. The lowest BCUT2D eigenvalue weighted by Gasteiger charge is -2.12. The predicted octanol–water partition coefficient (Wildman–Crippen LogP) is 4.13. The molecule has 21 heavy (non-hydrogen) atoms. The van der Waals surface area contributed by atoms with Crippen molar-refractivity contribution < 1.29 is 9.84 Å². The summed E-state index contributed by atoms with van der Waals surface area (Å²) >= 11 is 3.59. The normalized spacial score (nSPS) is 11.1. The van der Waals surface area contributed by atoms with E-state index in [9.17, 15) is 0 Å². The molecule has 0 aliphatic heterocycles. The summed E-state index contributed by atoms with van der Waals surface area (Å²) in [6, 6.07) is 6.16. The average molecular weight is 358 g/mol. The van der Waals surface area contributed by atoms with Crippen LogP contribution in [0.25, 0.3) is 0 Å². The molecule has 0 amide bonds. The van der Waals surface area contributed by atoms with Crippen LogP contribution in [-0.4, -0.2) is 24.9 Å². The lowest BCUT2D eigenvalue weighted by molar-refractivity contribution is 0.273. The van der Waals surface area contributed by atoms with E-state index in [1.165, 1.54) is 5.56 Å². The van der Waals surface area contributed by atoms with E-state index in [1.807, 2.05) is 12.1 Å². The second-order valence-electron chi connectivity index (χ2n) is 5.76. The van der Waals surface area contributed by atoms with E-state index >= 15 is 0 Å². The minimum absolute atomic E-state index is 0.292. The zero-order chi connectivity index (χ0) is 15.5. The van der Waals surface area contributed by atoms with Crippen LogP contribution in [0.5, 0.6) is 5.75 Å². The fourth-order valence-electron chi connectivity index (χ4n) is 2.03. The molecule has 0 spiro atoms. The van der Waals surface area contributed by atoms with Crippen molar-refractivity contribution in [1.29, 1.82) is 0 Å². The summed E-state index contributed by atoms with van der Waals surface area (Å²) in [5.74, 6) is 1.59. The van der Waals surface area contributed by atoms with Gasteiger partial charge in [0, 0.05) is 17.6 Å². The number of halogens is 1. The van der Waals surface area contributed by atoms with Crippen LogP contribution >= 0.6 is 15.9 Å². The van der Waals surface area contributed by atoms with Gasteiger partial charge in [0.15, 0.2) is 0 Å². The third-order valence-electron chi connectivity index (χ3n) is 3.21. The molecule has 0 radical (unpaired) electrons. The van der Waals surface area contributed by atoms with Crippen LogP contribution in [0.15, 0.2) is 22.7 Å². The Balaban J connectivity index is 2.34. The summed E-state index contributed by atoms with van der Waals surface area (Å²) in [6.07, 6.45) is 4.12. The molecule has 0 fully saturated rings. The first-order chi connectivity index (χ1) is 10.1. The highest BCUT2D eigenvalue weighted by Crippen LogP contribution is 2.23. The van der Waals surface area contributed by atoms with E-state index in [0.717, 1.165) is 55.6 Å². The Morgan fingerprint density at radius 3 is 2.67 bits per heavy atom. The Kier molecular flexibility index (Phi) is 9.72. The molecule has 0 bridgehead atoms. The van der Waals surface area contributed by atoms with Gasteiger partial charge in [-0.05, 0) is 55.5 Å². The van der Waals surface area contributed by atoms with Gasteiger partial charge in [-0.15, -0.1) is 0 Å². The van der Waals surface area contributed by atoms with Gasteiger partial charge in [-0.3, -0.25) is 0 Å². The molecule has 1 rings (SSSR count). The summed E-state index contributed by atoms with van der Waals surface area (Å²) in [4.78, 5) is 0. The summed E-state index contributed by atoms with van der Waals surface area (Å²) in [5.41, 5.74) is 1.23. The molecule has 0 aliphatic carbocycles. The van der Waals surface area contributed by atoms with Crippen LogP contribution in [-0.2, 0) is 6.54 Å². The van der Waals surface area contributed by atoms with Crippen LogP contribution in [0.2, 0.25) is 0 Å². The molecular formula is C17H28BrNO2. The zero-order valence-corrected chi connectivity index (χ0v) is 14.8. The van der Waals surface area contributed by atoms with E-state index in [0.29, 0.717) is 12.5 Å². The smallest absolute Gasteiger partial charge is 0.119 e. The molecule has 4 heteroatoms. The van der Waals surface area contributed by atoms with Gasteiger partial charge in [-0.2, -0.15) is 0 Å². The Bertz CT molecular complexity index is 396. The molecule has 0 aliphatic rings. The standard InChI is InChI=1S/C17H28BrNO2/c1-14(2)12-19-13-15-11-16(7-8-17(15)18)21-10-6-4-3-5-9-20/h7-8,11,14,19-20H,3-6,9-10,12-13H2,1-2H3. The zero-order valence-electron chi connectivity index (χ0n) is 13.2. The number of aliphatic hydroxyl groups is 1. The number of ether oxygens (including phenoxy) is 1. The van der Waals surface area contributed by atoms with Crippen molar-refractivity contribution in [2.45, 2.75) is 46.1 Å². The van der Waals surface area contributed by atoms with Gasteiger partial charge >= 0.3 is 0 Å². The molecule has 3 nitrogen and oxygen atoms in total. The van der Waals surface area contributed by atoms with Gasteiger partial charge in [0.1, 0.15) is 5.75 Å². The van der Waals surface area contributed by atoms with Gasteiger partial charge in [-0.1, -0.05) is 36.2 Å². The lowest BCUT2D eigenvalue weighted by Crippen LogP contribution is -2.19. The van der Waals surface area contributed by atoms with E-state index in [2.05, 4.69) is 41.2 Å². The maximum Gasteiger partial charge on any atom is 0.119 e. The van der Waals surface area contributed by atoms with E-state index in [4.69, 9.17) is 9.84 Å². The third kappa shape index (κ3) is 8.44. The molecule has 0 unspecified atom stereocenters. The fourth-order valence-corrected chi connectivity index (χ4v) is 2.42. The van der Waals surface area contributed by atoms with Crippen molar-refractivity contribution in [1.82, 2.24) is 5.32 Å². The third-order valence-corrected chi connectivity index (χ3v) is 3.98. The van der Waals surface area contributed by atoms with Crippen molar-refractivity contribution in [3.05, 3.63) is 28.2 Å². The summed E-state index contributed by atoms with van der Waals surface area (Å²) in [5, 5.41) is 12.2. The minimum Gasteiger partial charge on any atom is -0.494 e. The van der Waals surface area contributed by atoms with E-state index in [-0.39, 0.29) is 0 Å². The van der Waals surface area contributed by atoms with Crippen LogP contribution in [0, 0.1) is 5.92 Å². The second kappa shape index (κ2) is 11.0. The molecule has 0 atom stereocenters. The van der Waals surface area contributed by atoms with Crippen LogP contribution < -0.4 is 10.1 Å². The van der Waals surface area contributed by atoms with Crippen LogP contribution in [0.3, 0.4) is 0 Å². The maximum atomic E-state index is 8.72. The van der Waals surface area contributed by atoms with Crippen molar-refractivity contribution >= 4 is 15.9 Å². The molecule has 0 saturated heterocycles. The van der Waals surface area contributed by atoms with Crippen molar-refractivity contribution in [3.8, 4) is 5.75 Å². The number of hydrogen-bond acceptors (Lipinski definition) is 3. The number of rotatable bonds is 11. The molecular weight excluding hydrogens is 330 g/mol. The Morgan fingerprint density at radius 2 is 1.95 bits per heavy atom. The molecule has 0 saturated carbocycles. The first kappa shape index (κ1) is 18.5. The first-order valence-electron chi connectivity index (χ1n) is 7.86. The number of aliphatic hydroxyl groups excluding tert-OH is 1. The van der Waals surface area contributed by atoms with Gasteiger partial charge in [0.2, 0.25) is 0 Å². The van der Waals surface area contributed by atoms with Gasteiger partial charge in [0.05, 0.1) is 6.61 Å². The van der Waals surface area contributed by atoms with Crippen molar-refractivity contribution in [2.24, 2.45) is 5.92 Å². The number of hydrogen-bond donors (Lipinski definition) is 2. The Labute approximate surface area is 137 Å². The topological polar surface area (TPSA) is 41.5 Å². The highest BCUT2D eigenvalue weighted by Gasteiger charge is 2.03. The Hall–Kier alpha value is -0.580. The van der Waals surface area contributed by atoms with E-state index in [1.54, 1.807) is 0 Å².